The lowest BCUT2D eigenvalue weighted by Gasteiger charge is -2.33. The molecule has 1 aromatic rings. The van der Waals surface area contributed by atoms with Crippen molar-refractivity contribution in [3.05, 3.63) is 6.20 Å². The third-order valence-corrected chi connectivity index (χ3v) is 5.48. The van der Waals surface area contributed by atoms with Crippen molar-refractivity contribution in [1.29, 1.82) is 0 Å². The first-order chi connectivity index (χ1) is 9.48. The number of nitrogens with zero attached hydrogens (tertiary/aromatic N) is 4. The Balaban J connectivity index is 2.13. The van der Waals surface area contributed by atoms with E-state index in [0.717, 1.165) is 26.1 Å². The largest absolute Gasteiger partial charge is 0.381 e. The van der Waals surface area contributed by atoms with Gasteiger partial charge in [0.15, 0.2) is 5.82 Å². The van der Waals surface area contributed by atoms with E-state index in [1.807, 2.05) is 6.92 Å². The van der Waals surface area contributed by atoms with Gasteiger partial charge in [-0.2, -0.15) is 9.40 Å². The first-order valence-electron chi connectivity index (χ1n) is 7.04. The summed E-state index contributed by atoms with van der Waals surface area (Å²) in [6, 6.07) is 0. The van der Waals surface area contributed by atoms with Crippen LogP contribution in [0.25, 0.3) is 0 Å². The Bertz CT molecular complexity index is 546. The summed E-state index contributed by atoms with van der Waals surface area (Å²) in [7, 11) is -3.52. The smallest absolute Gasteiger partial charge is 0.248 e. The number of hydrogen-bond donors (Lipinski definition) is 1. The van der Waals surface area contributed by atoms with E-state index in [1.165, 1.54) is 10.5 Å². The molecule has 1 aliphatic heterocycles. The number of aromatic nitrogens is 2. The van der Waals surface area contributed by atoms with Crippen molar-refractivity contribution in [3.8, 4) is 0 Å². The summed E-state index contributed by atoms with van der Waals surface area (Å²) in [4.78, 5) is 2.41. The van der Waals surface area contributed by atoms with Crippen LogP contribution in [-0.4, -0.2) is 60.1 Å². The van der Waals surface area contributed by atoms with Crippen molar-refractivity contribution in [3.63, 3.8) is 0 Å². The van der Waals surface area contributed by atoms with Gasteiger partial charge in [-0.05, 0) is 19.9 Å². The maximum absolute atomic E-state index is 12.6. The highest BCUT2D eigenvalue weighted by Gasteiger charge is 2.31. The van der Waals surface area contributed by atoms with Gasteiger partial charge < -0.3 is 10.6 Å². The molecule has 0 atom stereocenters. The fraction of sp³-hybridized carbons (Fsp3) is 0.750. The summed E-state index contributed by atoms with van der Waals surface area (Å²) >= 11 is 0. The van der Waals surface area contributed by atoms with Gasteiger partial charge in [-0.15, -0.1) is 0 Å². The number of nitrogen functional groups attached to an aromatic ring is 1. The lowest BCUT2D eigenvalue weighted by atomic mass is 10.3. The van der Waals surface area contributed by atoms with Gasteiger partial charge >= 0.3 is 0 Å². The standard InChI is InChI=1S/C12H23N5O2S/c1-3-5-15-6-8-17(9-7-15)20(18,19)11-10-16(4-2)14-12(11)13/h10H,3-9H2,1-2H3,(H2,13,14). The van der Waals surface area contributed by atoms with E-state index in [0.29, 0.717) is 19.6 Å². The van der Waals surface area contributed by atoms with Crippen LogP contribution in [0.15, 0.2) is 11.1 Å². The second-order valence-corrected chi connectivity index (χ2v) is 6.89. The van der Waals surface area contributed by atoms with E-state index in [-0.39, 0.29) is 10.7 Å². The quantitative estimate of drug-likeness (QED) is 0.840. The predicted molar refractivity (Wildman–Crippen MR) is 77.8 cm³/mol. The predicted octanol–water partition coefficient (Wildman–Crippen LogP) is 0.202. The number of rotatable bonds is 5. The van der Waals surface area contributed by atoms with Crippen LogP contribution in [0.2, 0.25) is 0 Å². The monoisotopic (exact) mass is 301 g/mol. The maximum atomic E-state index is 12.6. The molecular formula is C12H23N5O2S. The molecule has 2 heterocycles. The fourth-order valence-electron chi connectivity index (χ4n) is 2.43. The molecule has 0 bridgehead atoms. The highest BCUT2D eigenvalue weighted by molar-refractivity contribution is 7.89. The van der Waals surface area contributed by atoms with Gasteiger partial charge in [0, 0.05) is 38.9 Å². The van der Waals surface area contributed by atoms with Gasteiger partial charge in [-0.3, -0.25) is 4.68 Å². The first kappa shape index (κ1) is 15.3. The average Bonchev–Trinajstić information content (AvgIpc) is 2.82. The van der Waals surface area contributed by atoms with E-state index >= 15 is 0 Å². The summed E-state index contributed by atoms with van der Waals surface area (Å²) in [5.41, 5.74) is 5.74. The van der Waals surface area contributed by atoms with E-state index in [9.17, 15) is 8.42 Å². The SMILES string of the molecule is CCCN1CCN(S(=O)(=O)c2cn(CC)nc2N)CC1. The average molecular weight is 301 g/mol. The molecule has 0 amide bonds. The molecule has 0 saturated carbocycles. The summed E-state index contributed by atoms with van der Waals surface area (Å²) in [5.74, 6) is 0.0860. The van der Waals surface area contributed by atoms with Crippen LogP contribution < -0.4 is 5.73 Å². The summed E-state index contributed by atoms with van der Waals surface area (Å²) in [5, 5.41) is 4.01. The zero-order valence-electron chi connectivity index (χ0n) is 12.1. The van der Waals surface area contributed by atoms with Crippen LogP contribution in [-0.2, 0) is 16.6 Å². The van der Waals surface area contributed by atoms with E-state index in [4.69, 9.17) is 5.73 Å². The topological polar surface area (TPSA) is 84.5 Å². The number of hydrogen-bond acceptors (Lipinski definition) is 5. The minimum absolute atomic E-state index is 0.0860. The van der Waals surface area contributed by atoms with Crippen LogP contribution >= 0.6 is 0 Å². The molecule has 0 spiro atoms. The van der Waals surface area contributed by atoms with Crippen LogP contribution in [0.5, 0.6) is 0 Å². The Morgan fingerprint density at radius 1 is 1.25 bits per heavy atom. The molecule has 0 aromatic carbocycles. The Kier molecular flexibility index (Phi) is 4.66. The lowest BCUT2D eigenvalue weighted by Crippen LogP contribution is -2.48. The van der Waals surface area contributed by atoms with Crippen LogP contribution in [0.4, 0.5) is 5.82 Å². The Hall–Kier alpha value is -1.12. The van der Waals surface area contributed by atoms with Crippen molar-refractivity contribution in [2.24, 2.45) is 0 Å². The van der Waals surface area contributed by atoms with Gasteiger partial charge in [0.25, 0.3) is 0 Å². The molecule has 8 heteroatoms. The summed E-state index contributed by atoms with van der Waals surface area (Å²) < 4.78 is 28.2. The molecule has 2 rings (SSSR count). The number of piperazine rings is 1. The second-order valence-electron chi connectivity index (χ2n) is 4.98. The van der Waals surface area contributed by atoms with E-state index in [1.54, 1.807) is 4.68 Å². The van der Waals surface area contributed by atoms with Crippen molar-refractivity contribution in [2.75, 3.05) is 38.5 Å². The number of nitrogens with two attached hydrogens (primary N) is 1. The molecule has 114 valence electrons. The first-order valence-corrected chi connectivity index (χ1v) is 8.48. The summed E-state index contributed by atoms with van der Waals surface area (Å²) in [6.45, 7) is 8.21. The minimum Gasteiger partial charge on any atom is -0.381 e. The molecule has 1 saturated heterocycles. The molecule has 1 fully saturated rings. The fourth-order valence-corrected chi connectivity index (χ4v) is 3.91. The molecule has 0 radical (unpaired) electrons. The molecule has 0 aliphatic carbocycles. The van der Waals surface area contributed by atoms with Crippen LogP contribution in [0, 0.1) is 0 Å². The lowest BCUT2D eigenvalue weighted by molar-refractivity contribution is 0.188. The van der Waals surface area contributed by atoms with Gasteiger partial charge in [-0.1, -0.05) is 6.92 Å². The zero-order chi connectivity index (χ0) is 14.8. The highest BCUT2D eigenvalue weighted by atomic mass is 32.2. The number of anilines is 1. The second kappa shape index (κ2) is 6.11. The van der Waals surface area contributed by atoms with Crippen molar-refractivity contribution in [2.45, 2.75) is 31.7 Å². The maximum Gasteiger partial charge on any atom is 0.248 e. The van der Waals surface area contributed by atoms with Crippen molar-refractivity contribution >= 4 is 15.8 Å². The molecule has 2 N–H and O–H groups in total. The van der Waals surface area contributed by atoms with Crippen molar-refractivity contribution < 1.29 is 8.42 Å². The number of aryl methyl sites for hydroxylation is 1. The van der Waals surface area contributed by atoms with Crippen molar-refractivity contribution in [1.82, 2.24) is 19.0 Å². The minimum atomic E-state index is -3.52. The van der Waals surface area contributed by atoms with E-state index < -0.39 is 10.0 Å². The Morgan fingerprint density at radius 2 is 1.90 bits per heavy atom. The van der Waals surface area contributed by atoms with Gasteiger partial charge in [0.05, 0.1) is 0 Å². The third-order valence-electron chi connectivity index (χ3n) is 3.57. The Labute approximate surface area is 120 Å². The van der Waals surface area contributed by atoms with Crippen LogP contribution in [0.1, 0.15) is 20.3 Å². The Morgan fingerprint density at radius 3 is 2.40 bits per heavy atom. The molecular weight excluding hydrogens is 278 g/mol. The van der Waals surface area contributed by atoms with E-state index in [2.05, 4.69) is 16.9 Å². The molecule has 20 heavy (non-hydrogen) atoms. The molecule has 7 nitrogen and oxygen atoms in total. The normalized spacial score (nSPS) is 18.5. The summed E-state index contributed by atoms with van der Waals surface area (Å²) in [6.07, 6.45) is 2.60. The van der Waals surface area contributed by atoms with Gasteiger partial charge in [-0.25, -0.2) is 8.42 Å². The van der Waals surface area contributed by atoms with Gasteiger partial charge in [0.2, 0.25) is 10.0 Å². The molecule has 1 aromatic heterocycles. The van der Waals surface area contributed by atoms with Crippen LogP contribution in [0.3, 0.4) is 0 Å². The van der Waals surface area contributed by atoms with Gasteiger partial charge in [0.1, 0.15) is 4.90 Å². The number of sulfonamides is 1. The highest BCUT2D eigenvalue weighted by Crippen LogP contribution is 2.22. The molecule has 1 aliphatic rings. The third kappa shape index (κ3) is 2.97. The zero-order valence-corrected chi connectivity index (χ0v) is 12.9. The molecule has 0 unspecified atom stereocenters.